The van der Waals surface area contributed by atoms with Crippen LogP contribution >= 0.6 is 23.2 Å². The second kappa shape index (κ2) is 11.6. The Bertz CT molecular complexity index is 1250. The maximum atomic E-state index is 12.5. The third-order valence-corrected chi connectivity index (χ3v) is 6.31. The Balaban J connectivity index is 1.76. The van der Waals surface area contributed by atoms with Gasteiger partial charge in [0.25, 0.3) is 0 Å². The van der Waals surface area contributed by atoms with Crippen molar-refractivity contribution in [2.75, 3.05) is 5.32 Å². The van der Waals surface area contributed by atoms with Crippen LogP contribution in [0, 0.1) is 17.2 Å². The van der Waals surface area contributed by atoms with Crippen LogP contribution in [-0.2, 0) is 34.5 Å². The first-order valence-corrected chi connectivity index (χ1v) is 12.6. The molecule has 1 atom stereocenters. The molecular weight excluding hydrogens is 491 g/mol. The molecule has 3 aromatic carbocycles. The van der Waals surface area contributed by atoms with Crippen molar-refractivity contribution in [2.45, 2.75) is 32.4 Å². The van der Waals surface area contributed by atoms with Crippen LogP contribution in [0.4, 0.5) is 5.69 Å². The van der Waals surface area contributed by atoms with Gasteiger partial charge in [-0.25, -0.2) is 0 Å². The van der Waals surface area contributed by atoms with Gasteiger partial charge in [0.1, 0.15) is 0 Å². The van der Waals surface area contributed by atoms with E-state index in [0.29, 0.717) is 38.3 Å². The summed E-state index contributed by atoms with van der Waals surface area (Å²) in [4.78, 5) is 12.5. The zero-order valence-corrected chi connectivity index (χ0v) is 21.1. The number of carbonyl (C=O) groups is 1. The molecule has 0 aliphatic carbocycles. The number of anilines is 1. The van der Waals surface area contributed by atoms with E-state index >= 15 is 0 Å². The van der Waals surface area contributed by atoms with Crippen molar-refractivity contribution in [3.05, 3.63) is 86.9 Å². The molecule has 34 heavy (non-hydrogen) atoms. The van der Waals surface area contributed by atoms with Crippen LogP contribution in [0.5, 0.6) is 0 Å². The number of nitriles is 1. The van der Waals surface area contributed by atoms with Gasteiger partial charge in [0.05, 0.1) is 28.1 Å². The van der Waals surface area contributed by atoms with Gasteiger partial charge in [-0.1, -0.05) is 84.5 Å². The fourth-order valence-corrected chi connectivity index (χ4v) is 4.82. The Hall–Kier alpha value is -2.69. The summed E-state index contributed by atoms with van der Waals surface area (Å²) in [5.74, 6) is 0.103. The maximum absolute atomic E-state index is 12.5. The van der Waals surface area contributed by atoms with Gasteiger partial charge in [0, 0.05) is 17.0 Å². The summed E-state index contributed by atoms with van der Waals surface area (Å²) in [6, 6.07) is 17.9. The fourth-order valence-electron chi connectivity index (χ4n) is 3.65. The summed E-state index contributed by atoms with van der Waals surface area (Å²) in [5, 5.41) is 13.1. The summed E-state index contributed by atoms with van der Waals surface area (Å²) in [7, 11) is 0. The minimum Gasteiger partial charge on any atom is -0.772 e. The summed E-state index contributed by atoms with van der Waals surface area (Å²) < 4.78 is 21.6. The van der Waals surface area contributed by atoms with E-state index in [-0.39, 0.29) is 18.1 Å². The Kier molecular flexibility index (Phi) is 8.87. The topological polar surface area (TPSA) is 93.0 Å². The second-order valence-corrected chi connectivity index (χ2v) is 10.1. The number of hydrogen-bond donors (Lipinski definition) is 1. The molecule has 0 aliphatic rings. The monoisotopic (exact) mass is 513 g/mol. The van der Waals surface area contributed by atoms with E-state index in [4.69, 9.17) is 23.2 Å². The van der Waals surface area contributed by atoms with Crippen LogP contribution in [0.25, 0.3) is 11.1 Å². The fraction of sp³-hybridized carbons (Fsp3) is 0.231. The SMILES string of the molecule is CC(C)Cc1ccc(-c2c(Cl)cc(NC(=O)Cc3ccc(CS(=O)[O-])cc3)cc2Cl)cc1C#N. The predicted octanol–water partition coefficient (Wildman–Crippen LogP) is 6.29. The summed E-state index contributed by atoms with van der Waals surface area (Å²) >= 11 is 10.9. The first-order chi connectivity index (χ1) is 16.2. The van der Waals surface area contributed by atoms with Crippen LogP contribution in [0.3, 0.4) is 0 Å². The van der Waals surface area contributed by atoms with Crippen molar-refractivity contribution in [3.63, 3.8) is 0 Å². The first kappa shape index (κ1) is 25.9. The van der Waals surface area contributed by atoms with Gasteiger partial charge in [0.2, 0.25) is 5.91 Å². The number of halogens is 2. The Morgan fingerprint density at radius 1 is 1.06 bits per heavy atom. The van der Waals surface area contributed by atoms with Crippen molar-refractivity contribution < 1.29 is 13.6 Å². The average Bonchev–Trinajstić information content (AvgIpc) is 2.74. The Morgan fingerprint density at radius 2 is 1.68 bits per heavy atom. The summed E-state index contributed by atoms with van der Waals surface area (Å²) in [6.07, 6.45) is 0.914. The third kappa shape index (κ3) is 6.91. The van der Waals surface area contributed by atoms with Gasteiger partial charge in [-0.15, -0.1) is 0 Å². The number of benzene rings is 3. The molecule has 0 bridgehead atoms. The van der Waals surface area contributed by atoms with Crippen molar-refractivity contribution in [1.29, 1.82) is 5.26 Å². The molecule has 0 saturated heterocycles. The van der Waals surface area contributed by atoms with Crippen molar-refractivity contribution >= 4 is 45.9 Å². The highest BCUT2D eigenvalue weighted by Crippen LogP contribution is 2.38. The smallest absolute Gasteiger partial charge is 0.228 e. The third-order valence-electron chi connectivity index (χ3n) is 5.15. The van der Waals surface area contributed by atoms with Gasteiger partial charge in [-0.3, -0.25) is 9.00 Å². The van der Waals surface area contributed by atoms with E-state index in [0.717, 1.165) is 23.1 Å². The zero-order valence-electron chi connectivity index (χ0n) is 18.7. The van der Waals surface area contributed by atoms with E-state index < -0.39 is 11.1 Å². The molecule has 3 aromatic rings. The van der Waals surface area contributed by atoms with Crippen LogP contribution < -0.4 is 5.32 Å². The van der Waals surface area contributed by atoms with Crippen molar-refractivity contribution in [1.82, 2.24) is 0 Å². The van der Waals surface area contributed by atoms with Crippen LogP contribution in [0.2, 0.25) is 10.0 Å². The number of nitrogens with one attached hydrogen (secondary N) is 1. The molecule has 0 heterocycles. The van der Waals surface area contributed by atoms with Crippen LogP contribution in [-0.4, -0.2) is 14.7 Å². The number of rotatable bonds is 8. The normalized spacial score (nSPS) is 11.8. The maximum Gasteiger partial charge on any atom is 0.228 e. The second-order valence-electron chi connectivity index (χ2n) is 8.39. The van der Waals surface area contributed by atoms with Crippen LogP contribution in [0.15, 0.2) is 54.6 Å². The molecule has 1 unspecified atom stereocenters. The van der Waals surface area contributed by atoms with Crippen molar-refractivity contribution in [2.24, 2.45) is 5.92 Å². The number of carbonyl (C=O) groups excluding carboxylic acids is 1. The molecule has 5 nitrogen and oxygen atoms in total. The lowest BCUT2D eigenvalue weighted by Gasteiger charge is -2.14. The molecule has 0 radical (unpaired) electrons. The van der Waals surface area contributed by atoms with Crippen LogP contribution in [0.1, 0.15) is 36.1 Å². The molecule has 0 aromatic heterocycles. The molecule has 3 rings (SSSR count). The van der Waals surface area contributed by atoms with E-state index in [1.54, 1.807) is 42.5 Å². The number of amides is 1. The quantitative estimate of drug-likeness (QED) is 0.358. The standard InChI is InChI=1S/C26H24Cl2N2O3S/c1-16(2)9-19-7-8-20(11-21(19)14-29)26-23(27)12-22(13-24(26)28)30-25(31)10-17-3-5-18(6-4-17)15-34(32)33/h3-8,11-13,16H,9-10,15H2,1-2H3,(H,30,31)(H,32,33)/p-1. The Labute approximate surface area is 212 Å². The Morgan fingerprint density at radius 3 is 2.24 bits per heavy atom. The molecule has 8 heteroatoms. The average molecular weight is 514 g/mol. The molecule has 0 fully saturated rings. The molecule has 176 valence electrons. The number of nitrogens with zero attached hydrogens (tertiary/aromatic N) is 1. The lowest BCUT2D eigenvalue weighted by atomic mass is 9.94. The molecule has 1 N–H and O–H groups in total. The van der Waals surface area contributed by atoms with E-state index in [9.17, 15) is 18.8 Å². The zero-order chi connectivity index (χ0) is 24.8. The van der Waals surface area contributed by atoms with E-state index in [1.165, 1.54) is 0 Å². The summed E-state index contributed by atoms with van der Waals surface area (Å²) in [6.45, 7) is 4.20. The molecular formula is C26H23Cl2N2O3S-. The summed E-state index contributed by atoms with van der Waals surface area (Å²) in [5.41, 5.74) is 4.76. The van der Waals surface area contributed by atoms with Gasteiger partial charge >= 0.3 is 0 Å². The van der Waals surface area contributed by atoms with E-state index in [1.807, 2.05) is 12.1 Å². The highest BCUT2D eigenvalue weighted by Gasteiger charge is 2.15. The largest absolute Gasteiger partial charge is 0.772 e. The first-order valence-electron chi connectivity index (χ1n) is 10.6. The van der Waals surface area contributed by atoms with Crippen molar-refractivity contribution in [3.8, 4) is 17.2 Å². The predicted molar refractivity (Wildman–Crippen MR) is 137 cm³/mol. The molecule has 0 aliphatic heterocycles. The highest BCUT2D eigenvalue weighted by molar-refractivity contribution is 7.78. The van der Waals surface area contributed by atoms with Gasteiger partial charge in [-0.2, -0.15) is 5.26 Å². The highest BCUT2D eigenvalue weighted by atomic mass is 35.5. The van der Waals surface area contributed by atoms with Gasteiger partial charge in [0.15, 0.2) is 0 Å². The minimum absolute atomic E-state index is 0.0634. The van der Waals surface area contributed by atoms with Gasteiger partial charge in [-0.05, 0) is 52.8 Å². The number of hydrogen-bond acceptors (Lipinski definition) is 4. The molecule has 0 spiro atoms. The molecule has 0 saturated carbocycles. The lowest BCUT2D eigenvalue weighted by molar-refractivity contribution is -0.115. The minimum atomic E-state index is -2.16. The molecule has 1 amide bonds. The lowest BCUT2D eigenvalue weighted by Crippen LogP contribution is -2.14. The van der Waals surface area contributed by atoms with E-state index in [2.05, 4.69) is 25.2 Å². The van der Waals surface area contributed by atoms with Gasteiger partial charge < -0.3 is 9.87 Å².